The molecule has 1 N–H and O–H groups in total. The molecule has 2 rings (SSSR count). The third-order valence-corrected chi connectivity index (χ3v) is 2.45. The van der Waals surface area contributed by atoms with Crippen molar-refractivity contribution in [3.05, 3.63) is 11.6 Å². The number of H-pyrrole nitrogens is 1. The molecule has 0 unspecified atom stereocenters. The summed E-state index contributed by atoms with van der Waals surface area (Å²) >= 11 is 0. The van der Waals surface area contributed by atoms with Crippen LogP contribution >= 0.6 is 0 Å². The second-order valence-electron chi connectivity index (χ2n) is 4.35. The van der Waals surface area contributed by atoms with Gasteiger partial charge >= 0.3 is 0 Å². The molecule has 1 saturated carbocycles. The van der Waals surface area contributed by atoms with E-state index in [1.165, 1.54) is 19.3 Å². The molecule has 0 atom stereocenters. The van der Waals surface area contributed by atoms with Gasteiger partial charge in [-0.3, -0.25) is 5.10 Å². The smallest absolute Gasteiger partial charge is 0.153 e. The third kappa shape index (κ3) is 2.29. The number of nitrogens with one attached hydrogen (secondary N) is 1. The molecule has 3 heteroatoms. The van der Waals surface area contributed by atoms with Crippen LogP contribution in [0.2, 0.25) is 0 Å². The lowest BCUT2D eigenvalue weighted by Crippen LogP contribution is -1.94. The third-order valence-electron chi connectivity index (χ3n) is 2.45. The van der Waals surface area contributed by atoms with Gasteiger partial charge in [-0.1, -0.05) is 13.8 Å². The fourth-order valence-corrected chi connectivity index (χ4v) is 1.37. The Kier molecular flexibility index (Phi) is 2.34. The van der Waals surface area contributed by atoms with Crippen LogP contribution < -0.4 is 0 Å². The minimum atomic E-state index is 0.670. The summed E-state index contributed by atoms with van der Waals surface area (Å²) in [5.41, 5.74) is 0. The van der Waals surface area contributed by atoms with Crippen LogP contribution in [0.5, 0.6) is 0 Å². The van der Waals surface area contributed by atoms with Crippen LogP contribution in [0.1, 0.15) is 50.7 Å². The molecule has 1 aromatic rings. The summed E-state index contributed by atoms with van der Waals surface area (Å²) in [5.74, 6) is 3.52. The van der Waals surface area contributed by atoms with Crippen LogP contribution in [-0.4, -0.2) is 15.2 Å². The van der Waals surface area contributed by atoms with Crippen LogP contribution in [-0.2, 0) is 6.42 Å². The maximum atomic E-state index is 4.48. The second-order valence-corrected chi connectivity index (χ2v) is 4.35. The van der Waals surface area contributed by atoms with Crippen molar-refractivity contribution < 1.29 is 0 Å². The highest BCUT2D eigenvalue weighted by atomic mass is 15.2. The lowest BCUT2D eigenvalue weighted by molar-refractivity contribution is 0.575. The van der Waals surface area contributed by atoms with Crippen LogP contribution in [0.25, 0.3) is 0 Å². The Labute approximate surface area is 79.0 Å². The molecule has 1 aromatic heterocycles. The molecule has 0 amide bonds. The molecule has 72 valence electrons. The predicted octanol–water partition coefficient (Wildman–Crippen LogP) is 2.27. The Morgan fingerprint density at radius 2 is 2.23 bits per heavy atom. The van der Waals surface area contributed by atoms with Gasteiger partial charge in [0.15, 0.2) is 5.82 Å². The summed E-state index contributed by atoms with van der Waals surface area (Å²) in [6.45, 7) is 4.47. The predicted molar refractivity (Wildman–Crippen MR) is 51.5 cm³/mol. The van der Waals surface area contributed by atoms with Crippen LogP contribution in [0.15, 0.2) is 0 Å². The van der Waals surface area contributed by atoms with E-state index in [4.69, 9.17) is 0 Å². The van der Waals surface area contributed by atoms with Gasteiger partial charge in [0.1, 0.15) is 5.82 Å². The SMILES string of the molecule is CC(C)CCc1nc(C2CC2)n[nH]1. The van der Waals surface area contributed by atoms with Gasteiger partial charge in [-0.25, -0.2) is 4.98 Å². The molecule has 1 heterocycles. The van der Waals surface area contributed by atoms with Gasteiger partial charge in [-0.05, 0) is 25.2 Å². The van der Waals surface area contributed by atoms with E-state index in [0.29, 0.717) is 5.92 Å². The minimum absolute atomic E-state index is 0.670. The fourth-order valence-electron chi connectivity index (χ4n) is 1.37. The molecule has 0 aliphatic heterocycles. The van der Waals surface area contributed by atoms with Crippen molar-refractivity contribution in [1.82, 2.24) is 15.2 Å². The highest BCUT2D eigenvalue weighted by molar-refractivity contribution is 5.04. The highest BCUT2D eigenvalue weighted by Gasteiger charge is 2.27. The van der Waals surface area contributed by atoms with E-state index >= 15 is 0 Å². The molecule has 1 aliphatic rings. The number of hydrogen-bond donors (Lipinski definition) is 1. The molecule has 0 bridgehead atoms. The largest absolute Gasteiger partial charge is 0.263 e. The fraction of sp³-hybridized carbons (Fsp3) is 0.800. The number of hydrogen-bond acceptors (Lipinski definition) is 2. The maximum absolute atomic E-state index is 4.48. The van der Waals surface area contributed by atoms with Crippen LogP contribution in [0, 0.1) is 5.92 Å². The molecular formula is C10H17N3. The Bertz CT molecular complexity index is 273. The van der Waals surface area contributed by atoms with E-state index in [-0.39, 0.29) is 0 Å². The summed E-state index contributed by atoms with van der Waals surface area (Å²) in [6.07, 6.45) is 4.79. The summed E-state index contributed by atoms with van der Waals surface area (Å²) in [7, 11) is 0. The van der Waals surface area contributed by atoms with E-state index < -0.39 is 0 Å². The van der Waals surface area contributed by atoms with Gasteiger partial charge in [0.25, 0.3) is 0 Å². The van der Waals surface area contributed by atoms with E-state index in [1.54, 1.807) is 0 Å². The van der Waals surface area contributed by atoms with Crippen molar-refractivity contribution in [2.75, 3.05) is 0 Å². The molecule has 0 spiro atoms. The Morgan fingerprint density at radius 1 is 1.46 bits per heavy atom. The zero-order valence-electron chi connectivity index (χ0n) is 8.38. The first-order chi connectivity index (χ1) is 6.25. The van der Waals surface area contributed by atoms with Crippen molar-refractivity contribution in [3.8, 4) is 0 Å². The van der Waals surface area contributed by atoms with Crippen molar-refractivity contribution in [2.45, 2.75) is 45.4 Å². The van der Waals surface area contributed by atoms with Crippen LogP contribution in [0.3, 0.4) is 0 Å². The standard InChI is InChI=1S/C10H17N3/c1-7(2)3-6-9-11-10(13-12-9)8-4-5-8/h7-8H,3-6H2,1-2H3,(H,11,12,13). The molecular weight excluding hydrogens is 162 g/mol. The van der Waals surface area contributed by atoms with E-state index in [1.807, 2.05) is 0 Å². The molecule has 13 heavy (non-hydrogen) atoms. The summed E-state index contributed by atoms with van der Waals surface area (Å²) in [4.78, 5) is 4.48. The Hall–Kier alpha value is -0.860. The van der Waals surface area contributed by atoms with Crippen molar-refractivity contribution in [1.29, 1.82) is 0 Å². The Morgan fingerprint density at radius 3 is 2.85 bits per heavy atom. The first-order valence-electron chi connectivity index (χ1n) is 5.17. The first kappa shape index (κ1) is 8.73. The first-order valence-corrected chi connectivity index (χ1v) is 5.17. The average Bonchev–Trinajstić information content (AvgIpc) is 2.83. The topological polar surface area (TPSA) is 41.6 Å². The molecule has 0 aromatic carbocycles. The number of aromatic amines is 1. The monoisotopic (exact) mass is 179 g/mol. The maximum Gasteiger partial charge on any atom is 0.153 e. The molecule has 1 fully saturated rings. The van der Waals surface area contributed by atoms with Gasteiger partial charge in [0.2, 0.25) is 0 Å². The number of nitrogens with zero attached hydrogens (tertiary/aromatic N) is 2. The van der Waals surface area contributed by atoms with Gasteiger partial charge in [-0.2, -0.15) is 5.10 Å². The van der Waals surface area contributed by atoms with Crippen molar-refractivity contribution in [2.24, 2.45) is 5.92 Å². The minimum Gasteiger partial charge on any atom is -0.263 e. The van der Waals surface area contributed by atoms with E-state index in [0.717, 1.165) is 24.0 Å². The lowest BCUT2D eigenvalue weighted by atomic mass is 10.1. The molecule has 0 radical (unpaired) electrons. The number of aromatic nitrogens is 3. The molecule has 3 nitrogen and oxygen atoms in total. The zero-order valence-corrected chi connectivity index (χ0v) is 8.38. The summed E-state index contributed by atoms with van der Waals surface area (Å²) in [5, 5.41) is 7.24. The Balaban J connectivity index is 1.89. The zero-order chi connectivity index (χ0) is 9.26. The van der Waals surface area contributed by atoms with E-state index in [2.05, 4.69) is 29.0 Å². The molecule has 1 aliphatic carbocycles. The summed E-state index contributed by atoms with van der Waals surface area (Å²) in [6, 6.07) is 0. The number of rotatable bonds is 4. The van der Waals surface area contributed by atoms with Crippen molar-refractivity contribution >= 4 is 0 Å². The quantitative estimate of drug-likeness (QED) is 0.770. The van der Waals surface area contributed by atoms with Crippen LogP contribution in [0.4, 0.5) is 0 Å². The number of aryl methyl sites for hydroxylation is 1. The van der Waals surface area contributed by atoms with Gasteiger partial charge in [0.05, 0.1) is 0 Å². The molecule has 0 saturated heterocycles. The second kappa shape index (κ2) is 3.48. The summed E-state index contributed by atoms with van der Waals surface area (Å²) < 4.78 is 0. The lowest BCUT2D eigenvalue weighted by Gasteiger charge is -1.99. The van der Waals surface area contributed by atoms with E-state index in [9.17, 15) is 0 Å². The highest BCUT2D eigenvalue weighted by Crippen LogP contribution is 2.37. The van der Waals surface area contributed by atoms with Crippen molar-refractivity contribution in [3.63, 3.8) is 0 Å². The average molecular weight is 179 g/mol. The normalized spacial score (nSPS) is 16.8. The van der Waals surface area contributed by atoms with Gasteiger partial charge < -0.3 is 0 Å². The van der Waals surface area contributed by atoms with Gasteiger partial charge in [-0.15, -0.1) is 0 Å². The van der Waals surface area contributed by atoms with Gasteiger partial charge in [0, 0.05) is 12.3 Å².